The Balaban J connectivity index is 1.66. The quantitative estimate of drug-likeness (QED) is 0.506. The fourth-order valence-electron chi connectivity index (χ4n) is 3.50. The highest BCUT2D eigenvalue weighted by Gasteiger charge is 2.25. The van der Waals surface area contributed by atoms with Gasteiger partial charge in [0.25, 0.3) is 5.69 Å². The molecule has 1 aromatic heterocycles. The Morgan fingerprint density at radius 3 is 2.86 bits per heavy atom. The van der Waals surface area contributed by atoms with Crippen LogP contribution >= 0.6 is 0 Å². The van der Waals surface area contributed by atoms with Crippen LogP contribution in [0.1, 0.15) is 12.0 Å². The number of ether oxygens (including phenoxy) is 1. The first-order valence-corrected chi connectivity index (χ1v) is 8.73. The van der Waals surface area contributed by atoms with E-state index in [9.17, 15) is 19.7 Å². The summed E-state index contributed by atoms with van der Waals surface area (Å²) in [5.74, 6) is -0.253. The van der Waals surface area contributed by atoms with Gasteiger partial charge in [-0.1, -0.05) is 0 Å². The predicted octanol–water partition coefficient (Wildman–Crippen LogP) is 2.49. The molecule has 2 aromatic carbocycles. The summed E-state index contributed by atoms with van der Waals surface area (Å²) in [6.07, 6.45) is 1.65. The number of nitrogens with zero attached hydrogens (tertiary/aromatic N) is 3. The number of nitro groups is 1. The van der Waals surface area contributed by atoms with Crippen LogP contribution in [0.5, 0.6) is 5.75 Å². The molecular weight excluding hydrogens is 366 g/mol. The molecule has 1 amide bonds. The van der Waals surface area contributed by atoms with Crippen LogP contribution in [0.3, 0.4) is 0 Å². The van der Waals surface area contributed by atoms with E-state index in [1.54, 1.807) is 18.1 Å². The van der Waals surface area contributed by atoms with Gasteiger partial charge in [-0.25, -0.2) is 4.79 Å². The molecule has 144 valence electrons. The van der Waals surface area contributed by atoms with Gasteiger partial charge < -0.3 is 14.1 Å². The monoisotopic (exact) mass is 383 g/mol. The average molecular weight is 383 g/mol. The molecule has 0 bridgehead atoms. The number of nitro benzene ring substituents is 1. The minimum Gasteiger partial charge on any atom is -0.497 e. The van der Waals surface area contributed by atoms with Crippen LogP contribution in [0, 0.1) is 10.1 Å². The van der Waals surface area contributed by atoms with Crippen LogP contribution in [-0.4, -0.2) is 29.1 Å². The summed E-state index contributed by atoms with van der Waals surface area (Å²) in [6, 6.07) is 9.42. The molecule has 0 fully saturated rings. The summed E-state index contributed by atoms with van der Waals surface area (Å²) in [5.41, 5.74) is 2.05. The first-order valence-electron chi connectivity index (χ1n) is 8.73. The number of aromatic nitrogens is 1. The number of rotatable bonds is 4. The molecule has 0 unspecified atom stereocenters. The second-order valence-electron chi connectivity index (χ2n) is 6.51. The summed E-state index contributed by atoms with van der Waals surface area (Å²) in [6.45, 7) is 0.337. The maximum atomic E-state index is 12.9. The van der Waals surface area contributed by atoms with Gasteiger partial charge in [-0.2, -0.15) is 0 Å². The third-order valence-corrected chi connectivity index (χ3v) is 4.86. The molecule has 0 spiro atoms. The first kappa shape index (κ1) is 17.8. The zero-order valence-electron chi connectivity index (χ0n) is 15.1. The van der Waals surface area contributed by atoms with Crippen LogP contribution in [0.4, 0.5) is 11.4 Å². The van der Waals surface area contributed by atoms with E-state index in [1.807, 2.05) is 12.1 Å². The maximum absolute atomic E-state index is 12.9. The number of hydrogen-bond acceptors (Lipinski definition) is 6. The van der Waals surface area contributed by atoms with Gasteiger partial charge in [0.2, 0.25) is 5.91 Å². The number of fused-ring (bicyclic) bond motifs is 2. The number of hydrogen-bond donors (Lipinski definition) is 0. The van der Waals surface area contributed by atoms with E-state index in [1.165, 1.54) is 22.8 Å². The molecule has 9 heteroatoms. The Kier molecular flexibility index (Phi) is 4.34. The summed E-state index contributed by atoms with van der Waals surface area (Å²) in [5, 5.41) is 10.9. The minimum absolute atomic E-state index is 0.0794. The van der Waals surface area contributed by atoms with Gasteiger partial charge in [0.05, 0.1) is 23.6 Å². The Labute approximate surface area is 158 Å². The van der Waals surface area contributed by atoms with Gasteiger partial charge >= 0.3 is 5.76 Å². The van der Waals surface area contributed by atoms with Crippen LogP contribution in [-0.2, 0) is 17.8 Å². The lowest BCUT2D eigenvalue weighted by Gasteiger charge is -2.29. The number of oxazole rings is 1. The first-order chi connectivity index (χ1) is 13.5. The number of non-ortho nitro benzene ring substituents is 1. The van der Waals surface area contributed by atoms with Crippen LogP contribution in [0.15, 0.2) is 45.6 Å². The SMILES string of the molecule is COc1ccc2c(c1)CCCN2C(=O)Cn1c(=O)oc2cc([N+](=O)[O-])ccc21. The fraction of sp³-hybridized carbons (Fsp3) is 0.263. The zero-order valence-corrected chi connectivity index (χ0v) is 15.1. The van der Waals surface area contributed by atoms with Gasteiger partial charge in [-0.3, -0.25) is 19.5 Å². The second-order valence-corrected chi connectivity index (χ2v) is 6.51. The molecule has 28 heavy (non-hydrogen) atoms. The molecule has 0 saturated carbocycles. The van der Waals surface area contributed by atoms with E-state index in [0.717, 1.165) is 29.8 Å². The van der Waals surface area contributed by atoms with Crippen LogP contribution in [0.25, 0.3) is 11.1 Å². The number of benzene rings is 2. The summed E-state index contributed by atoms with van der Waals surface area (Å²) in [7, 11) is 1.59. The van der Waals surface area contributed by atoms with E-state index < -0.39 is 10.7 Å². The lowest BCUT2D eigenvalue weighted by atomic mass is 10.0. The average Bonchev–Trinajstić information content (AvgIpc) is 3.01. The third kappa shape index (κ3) is 3.00. The van der Waals surface area contributed by atoms with Crippen molar-refractivity contribution in [3.8, 4) is 5.75 Å². The van der Waals surface area contributed by atoms with Crippen molar-refractivity contribution in [3.05, 3.63) is 62.6 Å². The van der Waals surface area contributed by atoms with Gasteiger partial charge in [-0.15, -0.1) is 0 Å². The van der Waals surface area contributed by atoms with Crippen molar-refractivity contribution in [1.82, 2.24) is 4.57 Å². The predicted molar refractivity (Wildman–Crippen MR) is 101 cm³/mol. The molecule has 0 radical (unpaired) electrons. The highest BCUT2D eigenvalue weighted by atomic mass is 16.6. The Morgan fingerprint density at radius 1 is 1.29 bits per heavy atom. The molecule has 9 nitrogen and oxygen atoms in total. The van der Waals surface area contributed by atoms with Crippen molar-refractivity contribution in [2.75, 3.05) is 18.6 Å². The topological polar surface area (TPSA) is 108 Å². The number of amides is 1. The molecule has 2 heterocycles. The van der Waals surface area contributed by atoms with E-state index in [4.69, 9.17) is 9.15 Å². The molecule has 1 aliphatic rings. The Bertz CT molecular complexity index is 1150. The standard InChI is InChI=1S/C19H17N3O6/c1-27-14-5-7-15-12(9-14)3-2-8-20(15)18(23)11-21-16-6-4-13(22(25)26)10-17(16)28-19(21)24/h4-7,9-10H,2-3,8,11H2,1H3. The molecule has 0 N–H and O–H groups in total. The number of carbonyl (C=O) groups is 1. The lowest BCUT2D eigenvalue weighted by molar-refractivity contribution is -0.384. The molecular formula is C19H17N3O6. The summed E-state index contributed by atoms with van der Waals surface area (Å²) >= 11 is 0. The third-order valence-electron chi connectivity index (χ3n) is 4.86. The van der Waals surface area contributed by atoms with Gasteiger partial charge in [0.1, 0.15) is 12.3 Å². The van der Waals surface area contributed by atoms with E-state index >= 15 is 0 Å². The van der Waals surface area contributed by atoms with Gasteiger partial charge in [0.15, 0.2) is 5.58 Å². The highest BCUT2D eigenvalue weighted by molar-refractivity contribution is 5.95. The van der Waals surface area contributed by atoms with Crippen molar-refractivity contribution >= 4 is 28.4 Å². The van der Waals surface area contributed by atoms with Crippen LogP contribution < -0.4 is 15.4 Å². The smallest absolute Gasteiger partial charge is 0.420 e. The summed E-state index contributed by atoms with van der Waals surface area (Å²) < 4.78 is 11.5. The van der Waals surface area contributed by atoms with E-state index in [-0.39, 0.29) is 23.7 Å². The molecule has 0 saturated heterocycles. The van der Waals surface area contributed by atoms with Crippen molar-refractivity contribution < 1.29 is 18.9 Å². The van der Waals surface area contributed by atoms with Crippen LogP contribution in [0.2, 0.25) is 0 Å². The van der Waals surface area contributed by atoms with Gasteiger partial charge in [-0.05, 0) is 42.7 Å². The number of carbonyl (C=O) groups excluding carboxylic acids is 1. The normalized spacial score (nSPS) is 13.4. The van der Waals surface area contributed by atoms with Crippen molar-refractivity contribution in [2.24, 2.45) is 0 Å². The van der Waals surface area contributed by atoms with Gasteiger partial charge in [0, 0.05) is 18.3 Å². The highest BCUT2D eigenvalue weighted by Crippen LogP contribution is 2.31. The molecule has 0 atom stereocenters. The molecule has 1 aliphatic heterocycles. The van der Waals surface area contributed by atoms with E-state index in [0.29, 0.717) is 12.1 Å². The molecule has 4 rings (SSSR count). The fourth-order valence-corrected chi connectivity index (χ4v) is 3.50. The second kappa shape index (κ2) is 6.84. The molecule has 3 aromatic rings. The number of aryl methyl sites for hydroxylation is 1. The van der Waals surface area contributed by atoms with Crippen molar-refractivity contribution in [1.29, 1.82) is 0 Å². The maximum Gasteiger partial charge on any atom is 0.420 e. The van der Waals surface area contributed by atoms with E-state index in [2.05, 4.69) is 0 Å². The lowest BCUT2D eigenvalue weighted by Crippen LogP contribution is -2.39. The zero-order chi connectivity index (χ0) is 19.8. The van der Waals surface area contributed by atoms with Crippen molar-refractivity contribution in [2.45, 2.75) is 19.4 Å². The molecule has 0 aliphatic carbocycles. The van der Waals surface area contributed by atoms with Crippen molar-refractivity contribution in [3.63, 3.8) is 0 Å². The summed E-state index contributed by atoms with van der Waals surface area (Å²) in [4.78, 5) is 37.1. The minimum atomic E-state index is -0.726. The number of anilines is 1. The number of methoxy groups -OCH3 is 1. The Hall–Kier alpha value is -3.62. The Morgan fingerprint density at radius 2 is 2.11 bits per heavy atom. The largest absolute Gasteiger partial charge is 0.497 e.